The second-order valence-corrected chi connectivity index (χ2v) is 21.6. The van der Waals surface area contributed by atoms with Crippen LogP contribution >= 0.6 is 7.82 Å². The Hall–Kier alpha value is -2.03. The monoisotopic (exact) mass is 964 g/mol. The van der Waals surface area contributed by atoms with Crippen LogP contribution < -0.4 is 5.32 Å². The summed E-state index contributed by atoms with van der Waals surface area (Å²) in [5.74, 6) is -0.514. The molecule has 392 valence electrons. The summed E-state index contributed by atoms with van der Waals surface area (Å²) < 4.78 is 30.6. The molecule has 0 spiro atoms. The average molecular weight is 964 g/mol. The summed E-state index contributed by atoms with van der Waals surface area (Å²) in [6, 6.07) is -0.850. The molecule has 0 aliphatic carbocycles. The topological polar surface area (TPSA) is 111 Å². The van der Waals surface area contributed by atoms with Gasteiger partial charge in [0, 0.05) is 12.8 Å². The molecule has 0 aromatic rings. The van der Waals surface area contributed by atoms with Crippen molar-refractivity contribution >= 4 is 19.7 Å². The standard InChI is InChI=1S/C57H107N2O7P/c1-7-10-13-16-19-22-25-28-30-31-34-37-40-43-46-49-56(60)58-54(53-65-67(62,63)64-52-51-59(4,5)6)55(48-45-42-39-36-33-27-24-21-18-15-12-9-3)66-57(61)50-47-44-41-38-35-32-29-26-23-20-17-14-11-8-2/h10,13,16,19,22,25,45,48,54-55H,7-9,11-12,14-15,17-18,20-21,23-24,26-44,46-47,49-53H2,1-6H3,(H-,58,60,62,63)/p+1/b13-10+,19-16+,25-22+,48-45+. The van der Waals surface area contributed by atoms with E-state index in [1.807, 2.05) is 33.3 Å². The zero-order chi connectivity index (χ0) is 49.4. The number of hydrogen-bond acceptors (Lipinski definition) is 6. The lowest BCUT2D eigenvalue weighted by Crippen LogP contribution is -2.47. The normalized spacial score (nSPS) is 14.2. The first-order valence-corrected chi connectivity index (χ1v) is 29.5. The maximum absolute atomic E-state index is 13.5. The lowest BCUT2D eigenvalue weighted by molar-refractivity contribution is -0.870. The molecule has 0 aromatic heterocycles. The molecule has 10 heteroatoms. The van der Waals surface area contributed by atoms with E-state index in [4.69, 9.17) is 13.8 Å². The summed E-state index contributed by atoms with van der Waals surface area (Å²) in [5, 5.41) is 3.04. The Bertz CT molecular complexity index is 1290. The van der Waals surface area contributed by atoms with E-state index < -0.39 is 20.0 Å². The molecule has 0 radical (unpaired) electrons. The number of quaternary nitrogens is 1. The van der Waals surface area contributed by atoms with Crippen LogP contribution in [0.3, 0.4) is 0 Å². The number of rotatable bonds is 50. The van der Waals surface area contributed by atoms with Gasteiger partial charge in [0.1, 0.15) is 19.3 Å². The SMILES string of the molecule is CC/C=C/C=C/C=C/CCCCCCCCCC(=O)NC(COP(=O)(O)OCC[N+](C)(C)C)C(/C=C/CCCCCCCCCCCC)OC(=O)CCCCCCCCCCCCCCCC. The number of carbonyl (C=O) groups is 2. The maximum Gasteiger partial charge on any atom is 0.472 e. The Labute approximate surface area is 414 Å². The number of hydrogen-bond donors (Lipinski definition) is 2. The molecule has 9 nitrogen and oxygen atoms in total. The summed E-state index contributed by atoms with van der Waals surface area (Å²) >= 11 is 0. The Morgan fingerprint density at radius 3 is 1.42 bits per heavy atom. The first kappa shape index (κ1) is 65.0. The zero-order valence-corrected chi connectivity index (χ0v) is 45.5. The molecule has 2 N–H and O–H groups in total. The summed E-state index contributed by atoms with van der Waals surface area (Å²) in [7, 11) is 1.49. The first-order valence-electron chi connectivity index (χ1n) is 28.0. The fraction of sp³-hybridized carbons (Fsp3) is 0.825. The quantitative estimate of drug-likeness (QED) is 0.0156. The van der Waals surface area contributed by atoms with Crippen LogP contribution in [0, 0.1) is 0 Å². The van der Waals surface area contributed by atoms with Gasteiger partial charge < -0.3 is 19.4 Å². The van der Waals surface area contributed by atoms with Crippen LogP contribution in [0.4, 0.5) is 0 Å². The van der Waals surface area contributed by atoms with Gasteiger partial charge in [-0.2, -0.15) is 0 Å². The Morgan fingerprint density at radius 1 is 0.537 bits per heavy atom. The summed E-state index contributed by atoms with van der Waals surface area (Å²) in [4.78, 5) is 37.5. The molecule has 0 rings (SSSR count). The molecule has 0 aromatic carbocycles. The number of carbonyl (C=O) groups excluding carboxylic acids is 2. The van der Waals surface area contributed by atoms with Gasteiger partial charge >= 0.3 is 13.8 Å². The summed E-state index contributed by atoms with van der Waals surface area (Å²) in [6.45, 7) is 6.88. The summed E-state index contributed by atoms with van der Waals surface area (Å²) in [6.07, 6.45) is 56.7. The van der Waals surface area contributed by atoms with Crippen molar-refractivity contribution in [2.24, 2.45) is 0 Å². The van der Waals surface area contributed by atoms with Crippen LogP contribution in [0.5, 0.6) is 0 Å². The maximum atomic E-state index is 13.5. The van der Waals surface area contributed by atoms with Gasteiger partial charge in [0.15, 0.2) is 0 Å². The molecule has 0 saturated heterocycles. The Morgan fingerprint density at radius 2 is 0.955 bits per heavy atom. The predicted octanol–water partition coefficient (Wildman–Crippen LogP) is 16.6. The van der Waals surface area contributed by atoms with E-state index in [0.717, 1.165) is 77.0 Å². The minimum absolute atomic E-state index is 0.0382. The van der Waals surface area contributed by atoms with E-state index in [1.165, 1.54) is 141 Å². The highest BCUT2D eigenvalue weighted by Gasteiger charge is 2.30. The average Bonchev–Trinajstić information content (AvgIpc) is 3.28. The van der Waals surface area contributed by atoms with Crippen molar-refractivity contribution in [2.75, 3.05) is 40.9 Å². The van der Waals surface area contributed by atoms with E-state index >= 15 is 0 Å². The van der Waals surface area contributed by atoms with Crippen molar-refractivity contribution in [1.82, 2.24) is 5.32 Å². The lowest BCUT2D eigenvalue weighted by Gasteiger charge is -2.27. The lowest BCUT2D eigenvalue weighted by atomic mass is 10.0. The smallest absolute Gasteiger partial charge is 0.456 e. The summed E-state index contributed by atoms with van der Waals surface area (Å²) in [5.41, 5.74) is 0. The van der Waals surface area contributed by atoms with Crippen molar-refractivity contribution in [3.63, 3.8) is 0 Å². The number of likely N-dealkylation sites (N-methyl/N-ethyl adjacent to an activating group) is 1. The number of allylic oxidation sites excluding steroid dienone is 7. The first-order chi connectivity index (χ1) is 32.4. The molecule has 67 heavy (non-hydrogen) atoms. The molecule has 1 amide bonds. The molecule has 3 unspecified atom stereocenters. The zero-order valence-electron chi connectivity index (χ0n) is 44.6. The van der Waals surface area contributed by atoms with Gasteiger partial charge in [0.05, 0.1) is 33.8 Å². The fourth-order valence-corrected chi connectivity index (χ4v) is 8.73. The highest BCUT2D eigenvalue weighted by atomic mass is 31.2. The van der Waals surface area contributed by atoms with Gasteiger partial charge in [-0.15, -0.1) is 0 Å². The largest absolute Gasteiger partial charge is 0.472 e. The number of esters is 1. The number of unbranched alkanes of at least 4 members (excludes halogenated alkanes) is 30. The van der Waals surface area contributed by atoms with E-state index in [9.17, 15) is 19.0 Å². The molecule has 0 aliphatic heterocycles. The Kier molecular flexibility index (Phi) is 46.2. The Balaban J connectivity index is 5.38. The van der Waals surface area contributed by atoms with Crippen molar-refractivity contribution in [2.45, 2.75) is 264 Å². The molecule has 0 heterocycles. The third-order valence-electron chi connectivity index (χ3n) is 12.3. The van der Waals surface area contributed by atoms with Gasteiger partial charge in [-0.05, 0) is 51.0 Å². The van der Waals surface area contributed by atoms with Gasteiger partial charge in [-0.25, -0.2) is 4.57 Å². The van der Waals surface area contributed by atoms with E-state index in [-0.39, 0.29) is 25.1 Å². The molecule has 0 bridgehead atoms. The van der Waals surface area contributed by atoms with Gasteiger partial charge in [-0.3, -0.25) is 18.6 Å². The van der Waals surface area contributed by atoms with Crippen LogP contribution in [0.2, 0.25) is 0 Å². The van der Waals surface area contributed by atoms with Crippen LogP contribution in [-0.4, -0.2) is 74.3 Å². The number of amides is 1. The highest BCUT2D eigenvalue weighted by Crippen LogP contribution is 2.43. The van der Waals surface area contributed by atoms with Gasteiger partial charge in [-0.1, -0.05) is 237 Å². The number of nitrogens with one attached hydrogen (secondary N) is 1. The van der Waals surface area contributed by atoms with Gasteiger partial charge in [0.25, 0.3) is 0 Å². The number of nitrogens with zero attached hydrogens (tertiary/aromatic N) is 1. The van der Waals surface area contributed by atoms with Crippen LogP contribution in [0.15, 0.2) is 48.6 Å². The minimum Gasteiger partial charge on any atom is -0.456 e. The van der Waals surface area contributed by atoms with E-state index in [2.05, 4.69) is 62.5 Å². The second-order valence-electron chi connectivity index (χ2n) is 20.1. The molecule has 3 atom stereocenters. The van der Waals surface area contributed by atoms with E-state index in [1.54, 1.807) is 0 Å². The second kappa shape index (κ2) is 47.6. The van der Waals surface area contributed by atoms with Crippen molar-refractivity contribution < 1.29 is 37.3 Å². The molecule has 0 aliphatic rings. The van der Waals surface area contributed by atoms with Crippen LogP contribution in [-0.2, 0) is 27.9 Å². The van der Waals surface area contributed by atoms with Crippen molar-refractivity contribution in [3.8, 4) is 0 Å². The van der Waals surface area contributed by atoms with Gasteiger partial charge in [0.2, 0.25) is 5.91 Å². The highest BCUT2D eigenvalue weighted by molar-refractivity contribution is 7.47. The molecule has 0 fully saturated rings. The van der Waals surface area contributed by atoms with E-state index in [0.29, 0.717) is 23.9 Å². The number of phosphoric ester groups is 1. The molecule has 0 saturated carbocycles. The van der Waals surface area contributed by atoms with Crippen LogP contribution in [0.1, 0.15) is 252 Å². The number of phosphoric acid groups is 1. The number of ether oxygens (including phenoxy) is 1. The van der Waals surface area contributed by atoms with Crippen LogP contribution in [0.25, 0.3) is 0 Å². The van der Waals surface area contributed by atoms with Crippen molar-refractivity contribution in [3.05, 3.63) is 48.6 Å². The molecular formula is C57H108N2O7P+. The third-order valence-corrected chi connectivity index (χ3v) is 13.3. The fourth-order valence-electron chi connectivity index (χ4n) is 8.00. The molecular weight excluding hydrogens is 856 g/mol. The minimum atomic E-state index is -4.44. The van der Waals surface area contributed by atoms with Crippen molar-refractivity contribution in [1.29, 1.82) is 0 Å². The third kappa shape index (κ3) is 48.8. The predicted molar refractivity (Wildman–Crippen MR) is 286 cm³/mol.